The van der Waals surface area contributed by atoms with Gasteiger partial charge in [0.25, 0.3) is 0 Å². The molecule has 8 nitrogen and oxygen atoms in total. The molecular weight excluding hydrogens is 348 g/mol. The van der Waals surface area contributed by atoms with Crippen molar-refractivity contribution in [3.8, 4) is 0 Å². The number of nitrogens with one attached hydrogen (secondary N) is 1. The number of nitrogens with zero attached hydrogens (tertiary/aromatic N) is 3. The van der Waals surface area contributed by atoms with Crippen molar-refractivity contribution in [2.75, 3.05) is 31.1 Å². The van der Waals surface area contributed by atoms with E-state index in [0.717, 1.165) is 30.9 Å². The number of rotatable bonds is 4. The SMILES string of the molecule is CC1CN(c2ccc(CNC(=O)N3CCCC(C(=O)O)C3)cn2)CC(C)O1. The summed E-state index contributed by atoms with van der Waals surface area (Å²) in [5.74, 6) is -0.393. The van der Waals surface area contributed by atoms with Crippen molar-refractivity contribution in [3.63, 3.8) is 0 Å². The van der Waals surface area contributed by atoms with Crippen LogP contribution in [0.3, 0.4) is 0 Å². The van der Waals surface area contributed by atoms with Gasteiger partial charge in [0, 0.05) is 38.9 Å². The predicted octanol–water partition coefficient (Wildman–Crippen LogP) is 1.70. The van der Waals surface area contributed by atoms with E-state index in [-0.39, 0.29) is 24.8 Å². The van der Waals surface area contributed by atoms with Gasteiger partial charge in [0.2, 0.25) is 0 Å². The number of amides is 2. The summed E-state index contributed by atoms with van der Waals surface area (Å²) in [5, 5.41) is 12.0. The van der Waals surface area contributed by atoms with Crippen molar-refractivity contribution in [2.45, 2.75) is 45.4 Å². The van der Waals surface area contributed by atoms with E-state index in [4.69, 9.17) is 9.84 Å². The van der Waals surface area contributed by atoms with Gasteiger partial charge < -0.3 is 25.0 Å². The third kappa shape index (κ3) is 5.09. The van der Waals surface area contributed by atoms with E-state index in [0.29, 0.717) is 19.5 Å². The minimum absolute atomic E-state index is 0.175. The highest BCUT2D eigenvalue weighted by Crippen LogP contribution is 2.19. The van der Waals surface area contributed by atoms with Crippen LogP contribution in [0.1, 0.15) is 32.3 Å². The quantitative estimate of drug-likeness (QED) is 0.831. The van der Waals surface area contributed by atoms with E-state index in [1.807, 2.05) is 12.1 Å². The average Bonchev–Trinajstić information content (AvgIpc) is 2.66. The second kappa shape index (κ2) is 8.56. The number of carboxylic acid groups (broad SMARTS) is 1. The van der Waals surface area contributed by atoms with Gasteiger partial charge in [-0.25, -0.2) is 9.78 Å². The van der Waals surface area contributed by atoms with Gasteiger partial charge in [0.05, 0.1) is 18.1 Å². The highest BCUT2D eigenvalue weighted by molar-refractivity contribution is 5.76. The Morgan fingerprint density at radius 1 is 1.26 bits per heavy atom. The molecule has 2 aliphatic rings. The number of urea groups is 1. The summed E-state index contributed by atoms with van der Waals surface area (Å²) >= 11 is 0. The lowest BCUT2D eigenvalue weighted by atomic mass is 9.99. The van der Waals surface area contributed by atoms with Gasteiger partial charge in [-0.1, -0.05) is 6.07 Å². The molecule has 0 saturated carbocycles. The van der Waals surface area contributed by atoms with Crippen molar-refractivity contribution in [1.29, 1.82) is 0 Å². The number of aromatic nitrogens is 1. The molecule has 3 atom stereocenters. The van der Waals surface area contributed by atoms with E-state index in [9.17, 15) is 9.59 Å². The number of hydrogen-bond acceptors (Lipinski definition) is 5. The molecule has 3 rings (SSSR count). The van der Waals surface area contributed by atoms with Gasteiger partial charge in [0.1, 0.15) is 5.82 Å². The number of carbonyl (C=O) groups excluding carboxylic acids is 1. The number of hydrogen-bond donors (Lipinski definition) is 2. The fraction of sp³-hybridized carbons (Fsp3) is 0.632. The van der Waals surface area contributed by atoms with Crippen LogP contribution in [0.25, 0.3) is 0 Å². The molecule has 148 valence electrons. The maximum atomic E-state index is 12.3. The summed E-state index contributed by atoms with van der Waals surface area (Å²) < 4.78 is 5.75. The Labute approximate surface area is 159 Å². The standard InChI is InChI=1S/C19H28N4O4/c1-13-10-23(11-14(2)27-13)17-6-5-15(8-20-17)9-21-19(26)22-7-3-4-16(12-22)18(24)25/h5-6,8,13-14,16H,3-4,7,9-12H2,1-2H3,(H,21,26)(H,24,25). The van der Waals surface area contributed by atoms with Gasteiger partial charge in [0.15, 0.2) is 0 Å². The smallest absolute Gasteiger partial charge is 0.317 e. The first kappa shape index (κ1) is 19.4. The largest absolute Gasteiger partial charge is 0.481 e. The topological polar surface area (TPSA) is 95.0 Å². The molecule has 0 radical (unpaired) electrons. The van der Waals surface area contributed by atoms with Crippen LogP contribution in [-0.2, 0) is 16.1 Å². The van der Waals surface area contributed by atoms with Gasteiger partial charge in [-0.2, -0.15) is 0 Å². The Balaban J connectivity index is 1.51. The number of aliphatic carboxylic acids is 1. The van der Waals surface area contributed by atoms with Crippen LogP contribution in [0.15, 0.2) is 18.3 Å². The first-order chi connectivity index (χ1) is 12.9. The van der Waals surface area contributed by atoms with Gasteiger partial charge >= 0.3 is 12.0 Å². The first-order valence-corrected chi connectivity index (χ1v) is 9.53. The lowest BCUT2D eigenvalue weighted by Crippen LogP contribution is -2.46. The van der Waals surface area contributed by atoms with Crippen LogP contribution >= 0.6 is 0 Å². The molecule has 0 aliphatic carbocycles. The minimum Gasteiger partial charge on any atom is -0.481 e. The molecule has 2 amide bonds. The molecule has 27 heavy (non-hydrogen) atoms. The highest BCUT2D eigenvalue weighted by atomic mass is 16.5. The summed E-state index contributed by atoms with van der Waals surface area (Å²) in [6.07, 6.45) is 3.47. The second-order valence-electron chi connectivity index (χ2n) is 7.47. The number of morpholine rings is 1. The third-order valence-electron chi connectivity index (χ3n) is 5.05. The molecule has 2 saturated heterocycles. The molecule has 1 aromatic heterocycles. The van der Waals surface area contributed by atoms with E-state index in [1.165, 1.54) is 0 Å². The van der Waals surface area contributed by atoms with Crippen LogP contribution in [-0.4, -0.2) is 65.4 Å². The number of likely N-dealkylation sites (tertiary alicyclic amines) is 1. The Hall–Kier alpha value is -2.35. The van der Waals surface area contributed by atoms with Crippen LogP contribution in [0.5, 0.6) is 0 Å². The van der Waals surface area contributed by atoms with E-state index in [1.54, 1.807) is 11.1 Å². The maximum Gasteiger partial charge on any atom is 0.317 e. The summed E-state index contributed by atoms with van der Waals surface area (Å²) in [4.78, 5) is 31.7. The van der Waals surface area contributed by atoms with Crippen molar-refractivity contribution in [3.05, 3.63) is 23.9 Å². The Kier molecular flexibility index (Phi) is 6.15. The number of pyridine rings is 1. The number of carboxylic acids is 1. The Morgan fingerprint density at radius 3 is 2.63 bits per heavy atom. The maximum absolute atomic E-state index is 12.3. The van der Waals surface area contributed by atoms with Crippen molar-refractivity contribution in [2.24, 2.45) is 5.92 Å². The zero-order valence-electron chi connectivity index (χ0n) is 15.9. The lowest BCUT2D eigenvalue weighted by molar-refractivity contribution is -0.143. The molecule has 2 N–H and O–H groups in total. The number of carbonyl (C=O) groups is 2. The molecule has 0 bridgehead atoms. The summed E-state index contributed by atoms with van der Waals surface area (Å²) in [6, 6.07) is 3.71. The number of anilines is 1. The minimum atomic E-state index is -0.834. The predicted molar refractivity (Wildman–Crippen MR) is 101 cm³/mol. The number of ether oxygens (including phenoxy) is 1. The van der Waals surface area contributed by atoms with Gasteiger partial charge in [-0.3, -0.25) is 4.79 Å². The normalized spacial score (nSPS) is 25.9. The van der Waals surface area contributed by atoms with Crippen LogP contribution < -0.4 is 10.2 Å². The molecule has 0 aromatic carbocycles. The molecule has 3 unspecified atom stereocenters. The third-order valence-corrected chi connectivity index (χ3v) is 5.05. The number of piperidine rings is 1. The van der Waals surface area contributed by atoms with Crippen molar-refractivity contribution >= 4 is 17.8 Å². The van der Waals surface area contributed by atoms with Crippen LogP contribution in [0.4, 0.5) is 10.6 Å². The van der Waals surface area contributed by atoms with E-state index >= 15 is 0 Å². The highest BCUT2D eigenvalue weighted by Gasteiger charge is 2.28. The van der Waals surface area contributed by atoms with Crippen LogP contribution in [0, 0.1) is 5.92 Å². The van der Waals surface area contributed by atoms with E-state index < -0.39 is 11.9 Å². The fourth-order valence-corrected chi connectivity index (χ4v) is 3.73. The zero-order chi connectivity index (χ0) is 19.4. The fourth-order valence-electron chi connectivity index (χ4n) is 3.73. The zero-order valence-corrected chi connectivity index (χ0v) is 15.9. The average molecular weight is 376 g/mol. The van der Waals surface area contributed by atoms with Crippen LogP contribution in [0.2, 0.25) is 0 Å². The second-order valence-corrected chi connectivity index (χ2v) is 7.47. The summed E-state index contributed by atoms with van der Waals surface area (Å²) in [5.41, 5.74) is 0.910. The molecular formula is C19H28N4O4. The Morgan fingerprint density at radius 2 is 2.00 bits per heavy atom. The molecule has 8 heteroatoms. The first-order valence-electron chi connectivity index (χ1n) is 9.53. The van der Waals surface area contributed by atoms with E-state index in [2.05, 4.69) is 29.0 Å². The van der Waals surface area contributed by atoms with Gasteiger partial charge in [-0.05, 0) is 38.3 Å². The lowest BCUT2D eigenvalue weighted by Gasteiger charge is -2.36. The summed E-state index contributed by atoms with van der Waals surface area (Å²) in [7, 11) is 0. The molecule has 0 spiro atoms. The molecule has 2 aliphatic heterocycles. The van der Waals surface area contributed by atoms with Crippen molar-refractivity contribution in [1.82, 2.24) is 15.2 Å². The van der Waals surface area contributed by atoms with Gasteiger partial charge in [-0.15, -0.1) is 0 Å². The summed E-state index contributed by atoms with van der Waals surface area (Å²) in [6.45, 7) is 6.98. The Bertz CT molecular complexity index is 656. The molecule has 2 fully saturated rings. The molecule has 3 heterocycles. The van der Waals surface area contributed by atoms with Crippen molar-refractivity contribution < 1.29 is 19.4 Å². The molecule has 1 aromatic rings. The monoisotopic (exact) mass is 376 g/mol.